The van der Waals surface area contributed by atoms with Gasteiger partial charge in [-0.1, -0.05) is 0 Å². The molecule has 1 amide bonds. The summed E-state index contributed by atoms with van der Waals surface area (Å²) in [5.41, 5.74) is 5.10. The van der Waals surface area contributed by atoms with Gasteiger partial charge in [-0.15, -0.1) is 0 Å². The van der Waals surface area contributed by atoms with Crippen LogP contribution in [0.25, 0.3) is 0 Å². The molecule has 0 radical (unpaired) electrons. The summed E-state index contributed by atoms with van der Waals surface area (Å²) in [4.78, 5) is 14.7. The maximum Gasteiger partial charge on any atom is 0.271 e. The van der Waals surface area contributed by atoms with E-state index in [9.17, 15) is 4.79 Å². The molecule has 160 valence electrons. The van der Waals surface area contributed by atoms with Crippen LogP contribution in [0.2, 0.25) is 0 Å². The Morgan fingerprint density at radius 2 is 1.93 bits per heavy atom. The van der Waals surface area contributed by atoms with Crippen LogP contribution in [0.3, 0.4) is 0 Å². The number of carbonyl (C=O) groups is 1. The first-order chi connectivity index (χ1) is 14.5. The molecular formula is C23H28BrN3O3. The standard InChI is InChI=1S/C23H28BrN3O3/c1-4-29-21-14-17(13-20(24)22(21)30-16(2)3)15-25-26-23(28)18-7-9-19(10-8-18)27-11-5-6-12-27/h7-10,13-16H,4-6,11-12H2,1-3H3,(H,26,28)/b25-15-. The summed E-state index contributed by atoms with van der Waals surface area (Å²) in [5.74, 6) is 1.04. The van der Waals surface area contributed by atoms with Crippen molar-refractivity contribution in [3.63, 3.8) is 0 Å². The Labute approximate surface area is 186 Å². The number of halogens is 1. The van der Waals surface area contributed by atoms with Gasteiger partial charge in [-0.3, -0.25) is 4.79 Å². The Morgan fingerprint density at radius 1 is 1.23 bits per heavy atom. The SMILES string of the molecule is CCOc1cc(/C=N\NC(=O)c2ccc(N3CCCC3)cc2)cc(Br)c1OC(C)C. The molecule has 1 N–H and O–H groups in total. The summed E-state index contributed by atoms with van der Waals surface area (Å²) in [6, 6.07) is 11.4. The third kappa shape index (κ3) is 5.75. The van der Waals surface area contributed by atoms with Crippen molar-refractivity contribution >= 4 is 33.7 Å². The number of hydrogen-bond acceptors (Lipinski definition) is 5. The van der Waals surface area contributed by atoms with Gasteiger partial charge in [0.05, 0.1) is 23.4 Å². The van der Waals surface area contributed by atoms with E-state index in [2.05, 4.69) is 31.4 Å². The van der Waals surface area contributed by atoms with E-state index >= 15 is 0 Å². The molecule has 0 spiro atoms. The second-order valence-corrected chi connectivity index (χ2v) is 8.22. The highest BCUT2D eigenvalue weighted by Gasteiger charge is 2.14. The minimum atomic E-state index is -0.247. The number of hydrogen-bond donors (Lipinski definition) is 1. The molecule has 0 aliphatic carbocycles. The molecule has 6 nitrogen and oxygen atoms in total. The maximum absolute atomic E-state index is 12.4. The van der Waals surface area contributed by atoms with Crippen LogP contribution < -0.4 is 19.8 Å². The van der Waals surface area contributed by atoms with Gasteiger partial charge >= 0.3 is 0 Å². The molecule has 2 aromatic carbocycles. The molecule has 2 aromatic rings. The highest BCUT2D eigenvalue weighted by molar-refractivity contribution is 9.10. The van der Waals surface area contributed by atoms with E-state index < -0.39 is 0 Å². The van der Waals surface area contributed by atoms with Crippen LogP contribution >= 0.6 is 15.9 Å². The first kappa shape index (κ1) is 22.2. The summed E-state index contributed by atoms with van der Waals surface area (Å²) in [5, 5.41) is 4.10. The third-order valence-electron chi connectivity index (χ3n) is 4.67. The molecule has 0 unspecified atom stereocenters. The van der Waals surface area contributed by atoms with Crippen molar-refractivity contribution in [2.75, 3.05) is 24.6 Å². The molecule has 30 heavy (non-hydrogen) atoms. The molecule has 7 heteroatoms. The molecule has 1 fully saturated rings. The fraction of sp³-hybridized carbons (Fsp3) is 0.391. The number of ether oxygens (including phenoxy) is 2. The zero-order valence-corrected chi connectivity index (χ0v) is 19.2. The predicted molar refractivity (Wildman–Crippen MR) is 124 cm³/mol. The van der Waals surface area contributed by atoms with Gasteiger partial charge in [0.25, 0.3) is 5.91 Å². The lowest BCUT2D eigenvalue weighted by molar-refractivity contribution is 0.0955. The normalized spacial score (nSPS) is 13.8. The summed E-state index contributed by atoms with van der Waals surface area (Å²) in [6.07, 6.45) is 4.06. The number of nitrogens with one attached hydrogen (secondary N) is 1. The van der Waals surface area contributed by atoms with Gasteiger partial charge in [0.2, 0.25) is 0 Å². The summed E-state index contributed by atoms with van der Waals surface area (Å²) in [6.45, 7) is 8.52. The Hall–Kier alpha value is -2.54. The number of nitrogens with zero attached hydrogens (tertiary/aromatic N) is 2. The van der Waals surface area contributed by atoms with Crippen LogP contribution in [-0.4, -0.2) is 37.9 Å². The van der Waals surface area contributed by atoms with E-state index in [0.717, 1.165) is 28.8 Å². The van der Waals surface area contributed by atoms with Gasteiger partial charge in [-0.2, -0.15) is 5.10 Å². The van der Waals surface area contributed by atoms with Crippen LogP contribution in [0, 0.1) is 0 Å². The molecule has 0 aromatic heterocycles. The number of anilines is 1. The Balaban J connectivity index is 1.66. The molecule has 0 bridgehead atoms. The fourth-order valence-electron chi connectivity index (χ4n) is 3.30. The van der Waals surface area contributed by atoms with Gasteiger partial charge < -0.3 is 14.4 Å². The average molecular weight is 474 g/mol. The lowest BCUT2D eigenvalue weighted by atomic mass is 10.2. The topological polar surface area (TPSA) is 63.2 Å². The number of carbonyl (C=O) groups excluding carboxylic acids is 1. The highest BCUT2D eigenvalue weighted by Crippen LogP contribution is 2.37. The monoisotopic (exact) mass is 473 g/mol. The maximum atomic E-state index is 12.4. The van der Waals surface area contributed by atoms with E-state index in [0.29, 0.717) is 23.7 Å². The van der Waals surface area contributed by atoms with E-state index in [-0.39, 0.29) is 12.0 Å². The average Bonchev–Trinajstić information content (AvgIpc) is 3.25. The number of benzene rings is 2. The molecule has 3 rings (SSSR count). The van der Waals surface area contributed by atoms with Gasteiger partial charge in [-0.25, -0.2) is 5.43 Å². The van der Waals surface area contributed by atoms with Crippen LogP contribution in [0.4, 0.5) is 5.69 Å². The molecule has 0 saturated carbocycles. The van der Waals surface area contributed by atoms with Crippen molar-refractivity contribution in [1.82, 2.24) is 5.43 Å². The van der Waals surface area contributed by atoms with Crippen molar-refractivity contribution in [2.24, 2.45) is 5.10 Å². The Morgan fingerprint density at radius 3 is 2.57 bits per heavy atom. The van der Waals surface area contributed by atoms with E-state index in [1.807, 2.05) is 57.2 Å². The number of rotatable bonds is 8. The minimum absolute atomic E-state index is 0.0242. The van der Waals surface area contributed by atoms with Crippen molar-refractivity contribution in [3.05, 3.63) is 52.0 Å². The second-order valence-electron chi connectivity index (χ2n) is 7.37. The van der Waals surface area contributed by atoms with Gasteiger partial charge in [0.1, 0.15) is 0 Å². The van der Waals surface area contributed by atoms with Gasteiger partial charge in [-0.05, 0) is 91.5 Å². The summed E-state index contributed by atoms with van der Waals surface area (Å²) in [7, 11) is 0. The Bertz CT molecular complexity index is 891. The van der Waals surface area contributed by atoms with Gasteiger partial charge in [0, 0.05) is 24.3 Å². The number of amides is 1. The third-order valence-corrected chi connectivity index (χ3v) is 5.25. The Kier molecular flexibility index (Phi) is 7.74. The van der Waals surface area contributed by atoms with E-state index in [1.165, 1.54) is 12.8 Å². The zero-order valence-electron chi connectivity index (χ0n) is 17.7. The van der Waals surface area contributed by atoms with Crippen molar-refractivity contribution in [1.29, 1.82) is 0 Å². The molecular weight excluding hydrogens is 446 g/mol. The van der Waals surface area contributed by atoms with Gasteiger partial charge in [0.15, 0.2) is 11.5 Å². The van der Waals surface area contributed by atoms with Crippen LogP contribution in [-0.2, 0) is 0 Å². The second kappa shape index (κ2) is 10.5. The van der Waals surface area contributed by atoms with Crippen LogP contribution in [0.15, 0.2) is 46.0 Å². The summed E-state index contributed by atoms with van der Waals surface area (Å²) >= 11 is 3.53. The van der Waals surface area contributed by atoms with E-state index in [1.54, 1.807) is 6.21 Å². The molecule has 1 aliphatic heterocycles. The fourth-order valence-corrected chi connectivity index (χ4v) is 3.86. The lowest BCUT2D eigenvalue weighted by Crippen LogP contribution is -2.19. The smallest absolute Gasteiger partial charge is 0.271 e. The lowest BCUT2D eigenvalue weighted by Gasteiger charge is -2.17. The first-order valence-electron chi connectivity index (χ1n) is 10.3. The molecule has 1 saturated heterocycles. The van der Waals surface area contributed by atoms with Crippen LogP contribution in [0.1, 0.15) is 49.5 Å². The van der Waals surface area contributed by atoms with Crippen molar-refractivity contribution < 1.29 is 14.3 Å². The molecule has 1 heterocycles. The van der Waals surface area contributed by atoms with E-state index in [4.69, 9.17) is 9.47 Å². The van der Waals surface area contributed by atoms with Crippen molar-refractivity contribution in [3.8, 4) is 11.5 Å². The number of hydrazone groups is 1. The molecule has 1 aliphatic rings. The quantitative estimate of drug-likeness (QED) is 0.432. The summed E-state index contributed by atoms with van der Waals surface area (Å²) < 4.78 is 12.3. The minimum Gasteiger partial charge on any atom is -0.490 e. The zero-order chi connectivity index (χ0) is 21.5. The predicted octanol–water partition coefficient (Wildman–Crippen LogP) is 5.00. The first-order valence-corrected chi connectivity index (χ1v) is 11.1. The van der Waals surface area contributed by atoms with Crippen LogP contribution in [0.5, 0.6) is 11.5 Å². The molecule has 0 atom stereocenters. The largest absolute Gasteiger partial charge is 0.490 e. The highest BCUT2D eigenvalue weighted by atomic mass is 79.9. The van der Waals surface area contributed by atoms with Crippen molar-refractivity contribution in [2.45, 2.75) is 39.7 Å².